The molecule has 4 rings (SSSR count). The number of nitrogens with one attached hydrogen (secondary N) is 2. The van der Waals surface area contributed by atoms with E-state index in [1.54, 1.807) is 30.3 Å². The molecule has 6 nitrogen and oxygen atoms in total. The first kappa shape index (κ1) is 19.7. The molecule has 0 spiro atoms. The standard InChI is InChI=1S/C22H16ClFN2O4/c23-13-5-7-14(8-6-13)25-22(28)26-18-12-20-19(29-9-10-30-20)11-16(18)21(27)15-3-1-2-4-17(15)24/h1-8,11-12H,9-10H2,(H2,25,26,28). The Balaban J connectivity index is 1.67. The van der Waals surface area contributed by atoms with Gasteiger partial charge in [-0.05, 0) is 42.5 Å². The molecule has 152 valence electrons. The predicted molar refractivity (Wildman–Crippen MR) is 111 cm³/mol. The molecule has 2 N–H and O–H groups in total. The third-order valence-electron chi connectivity index (χ3n) is 4.40. The highest BCUT2D eigenvalue weighted by Crippen LogP contribution is 2.37. The normalized spacial score (nSPS) is 12.2. The Morgan fingerprint density at radius 3 is 2.23 bits per heavy atom. The summed E-state index contributed by atoms with van der Waals surface area (Å²) in [5, 5.41) is 5.81. The van der Waals surface area contributed by atoms with Crippen molar-refractivity contribution in [1.29, 1.82) is 0 Å². The lowest BCUT2D eigenvalue weighted by molar-refractivity contribution is 0.103. The molecule has 0 bridgehead atoms. The fraction of sp³-hybridized carbons (Fsp3) is 0.0909. The fourth-order valence-corrected chi connectivity index (χ4v) is 3.11. The van der Waals surface area contributed by atoms with E-state index in [0.29, 0.717) is 35.4 Å². The summed E-state index contributed by atoms with van der Waals surface area (Å²) in [6.07, 6.45) is 0. The first-order valence-corrected chi connectivity index (χ1v) is 9.45. The van der Waals surface area contributed by atoms with Gasteiger partial charge in [-0.25, -0.2) is 9.18 Å². The number of anilines is 2. The SMILES string of the molecule is O=C(Nc1ccc(Cl)cc1)Nc1cc2c(cc1C(=O)c1ccccc1F)OCCO2. The number of carbonyl (C=O) groups is 2. The van der Waals surface area contributed by atoms with Gasteiger partial charge in [0.15, 0.2) is 17.3 Å². The molecule has 3 aromatic rings. The molecule has 0 radical (unpaired) electrons. The van der Waals surface area contributed by atoms with Crippen molar-refractivity contribution in [2.45, 2.75) is 0 Å². The van der Waals surface area contributed by atoms with E-state index in [1.165, 1.54) is 30.3 Å². The Hall–Kier alpha value is -3.58. The van der Waals surface area contributed by atoms with Gasteiger partial charge in [-0.2, -0.15) is 0 Å². The highest BCUT2D eigenvalue weighted by atomic mass is 35.5. The topological polar surface area (TPSA) is 76.7 Å². The molecule has 1 aliphatic heterocycles. The van der Waals surface area contributed by atoms with Gasteiger partial charge in [0.25, 0.3) is 0 Å². The Morgan fingerprint density at radius 2 is 1.53 bits per heavy atom. The van der Waals surface area contributed by atoms with Crippen LogP contribution in [0.4, 0.5) is 20.6 Å². The van der Waals surface area contributed by atoms with Crippen LogP contribution in [0.5, 0.6) is 11.5 Å². The smallest absolute Gasteiger partial charge is 0.323 e. The van der Waals surface area contributed by atoms with E-state index in [0.717, 1.165) is 0 Å². The third kappa shape index (κ3) is 4.21. The van der Waals surface area contributed by atoms with Crippen LogP contribution in [0.15, 0.2) is 60.7 Å². The van der Waals surface area contributed by atoms with Gasteiger partial charge in [-0.1, -0.05) is 23.7 Å². The summed E-state index contributed by atoms with van der Waals surface area (Å²) in [7, 11) is 0. The molecular formula is C22H16ClFN2O4. The summed E-state index contributed by atoms with van der Waals surface area (Å²) in [5.74, 6) is -0.515. The van der Waals surface area contributed by atoms with E-state index >= 15 is 0 Å². The second-order valence-corrected chi connectivity index (χ2v) is 6.87. The minimum Gasteiger partial charge on any atom is -0.486 e. The Morgan fingerprint density at radius 1 is 0.867 bits per heavy atom. The van der Waals surface area contributed by atoms with Crippen molar-refractivity contribution < 1.29 is 23.5 Å². The van der Waals surface area contributed by atoms with Crippen LogP contribution in [0.2, 0.25) is 5.02 Å². The lowest BCUT2D eigenvalue weighted by Crippen LogP contribution is -2.22. The lowest BCUT2D eigenvalue weighted by Gasteiger charge is -2.21. The van der Waals surface area contributed by atoms with Crippen LogP contribution < -0.4 is 20.1 Å². The number of carbonyl (C=O) groups excluding carboxylic acids is 2. The maximum absolute atomic E-state index is 14.2. The first-order chi connectivity index (χ1) is 14.5. The fourth-order valence-electron chi connectivity index (χ4n) is 2.99. The van der Waals surface area contributed by atoms with Crippen LogP contribution in [-0.4, -0.2) is 25.0 Å². The van der Waals surface area contributed by atoms with Crippen molar-refractivity contribution in [3.8, 4) is 11.5 Å². The molecule has 2 amide bonds. The quantitative estimate of drug-likeness (QED) is 0.567. The first-order valence-electron chi connectivity index (χ1n) is 9.08. The minimum atomic E-state index is -0.658. The van der Waals surface area contributed by atoms with Crippen LogP contribution >= 0.6 is 11.6 Å². The molecule has 30 heavy (non-hydrogen) atoms. The van der Waals surface area contributed by atoms with Crippen LogP contribution in [0.3, 0.4) is 0 Å². The third-order valence-corrected chi connectivity index (χ3v) is 4.65. The van der Waals surface area contributed by atoms with Gasteiger partial charge in [0, 0.05) is 16.8 Å². The average molecular weight is 427 g/mol. The van der Waals surface area contributed by atoms with Crippen LogP contribution in [0.25, 0.3) is 0 Å². The number of fused-ring (bicyclic) bond motifs is 1. The molecule has 8 heteroatoms. The molecule has 0 saturated heterocycles. The van der Waals surface area contributed by atoms with Gasteiger partial charge in [0.1, 0.15) is 19.0 Å². The Kier molecular flexibility index (Phi) is 5.54. The largest absolute Gasteiger partial charge is 0.486 e. The van der Waals surface area contributed by atoms with Crippen molar-refractivity contribution in [3.63, 3.8) is 0 Å². The molecule has 0 unspecified atom stereocenters. The van der Waals surface area contributed by atoms with Gasteiger partial charge in [0.05, 0.1) is 16.8 Å². The molecule has 0 fully saturated rings. The number of halogens is 2. The number of amides is 2. The predicted octanol–water partition coefficient (Wildman–Crippen LogP) is 5.13. The number of ketones is 1. The van der Waals surface area contributed by atoms with Crippen LogP contribution in [-0.2, 0) is 0 Å². The van der Waals surface area contributed by atoms with Gasteiger partial charge < -0.3 is 20.1 Å². The van der Waals surface area contributed by atoms with Crippen LogP contribution in [0, 0.1) is 5.82 Å². The highest BCUT2D eigenvalue weighted by Gasteiger charge is 2.23. The zero-order valence-electron chi connectivity index (χ0n) is 15.6. The molecule has 0 atom stereocenters. The maximum atomic E-state index is 14.2. The van der Waals surface area contributed by atoms with Gasteiger partial charge in [-0.15, -0.1) is 0 Å². The minimum absolute atomic E-state index is 0.0793. The summed E-state index contributed by atoms with van der Waals surface area (Å²) in [5.41, 5.74) is 0.640. The van der Waals surface area contributed by atoms with Gasteiger partial charge in [0.2, 0.25) is 0 Å². The highest BCUT2D eigenvalue weighted by molar-refractivity contribution is 6.30. The number of rotatable bonds is 4. The van der Waals surface area contributed by atoms with Crippen molar-refractivity contribution in [2.75, 3.05) is 23.8 Å². The number of hydrogen-bond acceptors (Lipinski definition) is 4. The van der Waals surface area contributed by atoms with Gasteiger partial charge >= 0.3 is 6.03 Å². The molecule has 3 aromatic carbocycles. The van der Waals surface area contributed by atoms with Crippen molar-refractivity contribution in [2.24, 2.45) is 0 Å². The summed E-state index contributed by atoms with van der Waals surface area (Å²) in [6.45, 7) is 0.661. The number of hydrogen-bond donors (Lipinski definition) is 2. The Labute approximate surface area is 176 Å². The molecule has 0 saturated carbocycles. The van der Waals surface area contributed by atoms with Crippen LogP contribution in [0.1, 0.15) is 15.9 Å². The van der Waals surface area contributed by atoms with E-state index < -0.39 is 17.6 Å². The molecule has 1 aliphatic rings. The molecule has 1 heterocycles. The van der Waals surface area contributed by atoms with E-state index in [2.05, 4.69) is 10.6 Å². The van der Waals surface area contributed by atoms with E-state index in [1.807, 2.05) is 0 Å². The van der Waals surface area contributed by atoms with E-state index in [-0.39, 0.29) is 16.8 Å². The van der Waals surface area contributed by atoms with Crippen molar-refractivity contribution in [1.82, 2.24) is 0 Å². The zero-order chi connectivity index (χ0) is 21.1. The summed E-state index contributed by atoms with van der Waals surface area (Å²) < 4.78 is 25.3. The molecule has 0 aromatic heterocycles. The number of benzene rings is 3. The summed E-state index contributed by atoms with van der Waals surface area (Å²) >= 11 is 5.85. The molecule has 0 aliphatic carbocycles. The maximum Gasteiger partial charge on any atom is 0.323 e. The van der Waals surface area contributed by atoms with Gasteiger partial charge in [-0.3, -0.25) is 4.79 Å². The zero-order valence-corrected chi connectivity index (χ0v) is 16.3. The second kappa shape index (κ2) is 8.42. The van der Waals surface area contributed by atoms with Crippen molar-refractivity contribution >= 4 is 34.8 Å². The lowest BCUT2D eigenvalue weighted by atomic mass is 10.00. The number of ether oxygens (including phenoxy) is 2. The monoisotopic (exact) mass is 426 g/mol. The summed E-state index contributed by atoms with van der Waals surface area (Å²) in [6, 6.07) is 14.5. The molecular weight excluding hydrogens is 411 g/mol. The number of urea groups is 1. The Bertz CT molecular complexity index is 1120. The van der Waals surface area contributed by atoms with Crippen molar-refractivity contribution in [3.05, 3.63) is 82.6 Å². The average Bonchev–Trinajstić information content (AvgIpc) is 2.75. The van der Waals surface area contributed by atoms with E-state index in [9.17, 15) is 14.0 Å². The summed E-state index contributed by atoms with van der Waals surface area (Å²) in [4.78, 5) is 25.5. The second-order valence-electron chi connectivity index (χ2n) is 6.44. The van der Waals surface area contributed by atoms with E-state index in [4.69, 9.17) is 21.1 Å².